The third kappa shape index (κ3) is 3.13. The average Bonchev–Trinajstić information content (AvgIpc) is 2.82. The Bertz CT molecular complexity index is 1310. The first kappa shape index (κ1) is 26.9. The van der Waals surface area contributed by atoms with Crippen molar-refractivity contribution in [3.8, 4) is 6.07 Å². The molecule has 0 radical (unpaired) electrons. The van der Waals surface area contributed by atoms with Gasteiger partial charge in [-0.15, -0.1) is 0 Å². The van der Waals surface area contributed by atoms with Crippen molar-refractivity contribution in [1.82, 2.24) is 0 Å². The Hall–Kier alpha value is -2.71. The number of amides is 1. The van der Waals surface area contributed by atoms with Crippen LogP contribution in [-0.2, 0) is 14.4 Å². The molecule has 0 saturated heterocycles. The molecular weight excluding hydrogens is 476 g/mol. The lowest BCUT2D eigenvalue weighted by Crippen LogP contribution is -2.65. The molecule has 38 heavy (non-hydrogen) atoms. The molecular formula is C31H40N4O3. The minimum atomic E-state index is -0.794. The van der Waals surface area contributed by atoms with Gasteiger partial charge in [-0.05, 0) is 89.7 Å². The van der Waals surface area contributed by atoms with Crippen LogP contribution < -0.4 is 0 Å². The van der Waals surface area contributed by atoms with Crippen LogP contribution in [-0.4, -0.2) is 17.5 Å². The number of hydrogen-bond donors (Lipinski definition) is 0. The van der Waals surface area contributed by atoms with Crippen LogP contribution in [0.4, 0.5) is 0 Å². The lowest BCUT2D eigenvalue weighted by molar-refractivity contribution is -0.176. The Labute approximate surface area is 225 Å². The van der Waals surface area contributed by atoms with Crippen LogP contribution in [0.1, 0.15) is 93.4 Å². The van der Waals surface area contributed by atoms with Crippen LogP contribution in [0.5, 0.6) is 0 Å². The van der Waals surface area contributed by atoms with Crippen molar-refractivity contribution in [3.63, 3.8) is 0 Å². The molecule has 0 spiro atoms. The molecule has 1 amide bonds. The van der Waals surface area contributed by atoms with Crippen LogP contribution in [0.3, 0.4) is 0 Å². The third-order valence-corrected chi connectivity index (χ3v) is 12.4. The number of hydrogen-bond acceptors (Lipinski definition) is 4. The number of nitrogens with zero attached hydrogens (tertiary/aromatic N) is 4. The van der Waals surface area contributed by atoms with E-state index in [1.165, 1.54) is 0 Å². The highest BCUT2D eigenvalue weighted by atomic mass is 16.2. The molecule has 5 rings (SSSR count). The third-order valence-electron chi connectivity index (χ3n) is 12.4. The lowest BCUT2D eigenvalue weighted by atomic mass is 9.34. The predicted octanol–water partition coefficient (Wildman–Crippen LogP) is 7.04. The topological polar surface area (TPSA) is 124 Å². The SMILES string of the molecule is CC1(C)CC[C@]2(C(=O)N=[N+]=[N-])CC[C@]3(C)C(C(=O)C=C4[C@@]5(C)C=C(C#N)C(=O)C(C)(C)[C@@H]5CC[C@]43C)C2C1. The van der Waals surface area contributed by atoms with E-state index in [2.05, 4.69) is 50.7 Å². The van der Waals surface area contributed by atoms with Crippen molar-refractivity contribution >= 4 is 17.5 Å². The number of azide groups is 1. The first-order valence-corrected chi connectivity index (χ1v) is 14.1. The minimum absolute atomic E-state index is 0.00489. The summed E-state index contributed by atoms with van der Waals surface area (Å²) in [6.07, 6.45) is 8.91. The number of allylic oxidation sites excluding steroid dienone is 4. The standard InChI is InChI=1S/C31H40N4O3/c1-26(2)10-12-31(25(38)34-35-33)13-11-30(7)23(19(31)16-26)20(36)14-22-28(5)15-18(17-32)24(37)27(3,4)21(28)8-9-29(22,30)6/h14-15,19,21,23H,8-13,16H2,1-7H3/t19?,21-,23?,28-,29+,30+,31-/m0/s1. The van der Waals surface area contributed by atoms with Gasteiger partial charge in [0, 0.05) is 27.1 Å². The van der Waals surface area contributed by atoms with Crippen molar-refractivity contribution in [2.75, 3.05) is 0 Å². The normalized spacial score (nSPS) is 44.5. The molecule has 0 heterocycles. The highest BCUT2D eigenvalue weighted by Crippen LogP contribution is 2.74. The van der Waals surface area contributed by atoms with Gasteiger partial charge in [0.05, 0.1) is 5.57 Å². The number of Topliss-reactive ketones (excluding diaryl/α,β-unsaturated/α-hetero) is 1. The summed E-state index contributed by atoms with van der Waals surface area (Å²) in [5.41, 5.74) is 7.55. The van der Waals surface area contributed by atoms with Crippen LogP contribution in [0.2, 0.25) is 0 Å². The van der Waals surface area contributed by atoms with E-state index in [9.17, 15) is 19.6 Å². The molecule has 202 valence electrons. The molecule has 7 nitrogen and oxygen atoms in total. The molecule has 5 aliphatic carbocycles. The maximum Gasteiger partial charge on any atom is 0.225 e. The highest BCUT2D eigenvalue weighted by molar-refractivity contribution is 6.04. The average molecular weight is 517 g/mol. The second-order valence-corrected chi connectivity index (χ2v) is 14.9. The lowest BCUT2D eigenvalue weighted by Gasteiger charge is -2.69. The quantitative estimate of drug-likeness (QED) is 0.210. The van der Waals surface area contributed by atoms with Gasteiger partial charge >= 0.3 is 0 Å². The van der Waals surface area contributed by atoms with Crippen LogP contribution in [0.15, 0.2) is 28.4 Å². The second-order valence-electron chi connectivity index (χ2n) is 14.9. The first-order chi connectivity index (χ1) is 17.5. The molecule has 0 N–H and O–H groups in total. The molecule has 0 aromatic heterocycles. The second kappa shape index (κ2) is 7.92. The van der Waals surface area contributed by atoms with Crippen LogP contribution in [0, 0.1) is 61.6 Å². The van der Waals surface area contributed by atoms with Gasteiger partial charge in [-0.25, -0.2) is 0 Å². The van der Waals surface area contributed by atoms with E-state index >= 15 is 0 Å². The van der Waals surface area contributed by atoms with Gasteiger partial charge in [0.25, 0.3) is 0 Å². The van der Waals surface area contributed by atoms with E-state index in [1.54, 1.807) is 0 Å². The van der Waals surface area contributed by atoms with E-state index in [0.29, 0.717) is 19.3 Å². The Morgan fingerprint density at radius 1 is 1.05 bits per heavy atom. The van der Waals surface area contributed by atoms with Crippen molar-refractivity contribution in [3.05, 3.63) is 33.7 Å². The molecule has 0 aromatic rings. The highest BCUT2D eigenvalue weighted by Gasteiger charge is 2.70. The van der Waals surface area contributed by atoms with Crippen molar-refractivity contribution in [2.24, 2.45) is 55.4 Å². The van der Waals surface area contributed by atoms with Gasteiger partial charge in [0.1, 0.15) is 6.07 Å². The monoisotopic (exact) mass is 516 g/mol. The van der Waals surface area contributed by atoms with Crippen molar-refractivity contribution in [2.45, 2.75) is 93.4 Å². The Balaban J connectivity index is 1.71. The molecule has 7 heteroatoms. The summed E-state index contributed by atoms with van der Waals surface area (Å²) in [5, 5.41) is 13.5. The Kier molecular flexibility index (Phi) is 5.60. The molecule has 2 unspecified atom stereocenters. The summed E-state index contributed by atoms with van der Waals surface area (Å²) in [6, 6.07) is 2.15. The van der Waals surface area contributed by atoms with E-state index in [-0.39, 0.29) is 45.7 Å². The number of carbonyl (C=O) groups is 3. The van der Waals surface area contributed by atoms with Gasteiger partial charge in [-0.3, -0.25) is 14.4 Å². The summed E-state index contributed by atoms with van der Waals surface area (Å²) >= 11 is 0. The van der Waals surface area contributed by atoms with E-state index < -0.39 is 27.6 Å². The summed E-state index contributed by atoms with van der Waals surface area (Å²) in [6.45, 7) is 14.9. The number of nitriles is 1. The van der Waals surface area contributed by atoms with Crippen molar-refractivity contribution in [1.29, 1.82) is 5.26 Å². The van der Waals surface area contributed by atoms with E-state index in [0.717, 1.165) is 31.3 Å². The first-order valence-electron chi connectivity index (χ1n) is 14.1. The molecule has 0 aromatic carbocycles. The smallest absolute Gasteiger partial charge is 0.225 e. The molecule has 0 aliphatic heterocycles. The fraction of sp³-hybridized carbons (Fsp3) is 0.742. The number of fused-ring (bicyclic) bond motifs is 7. The number of rotatable bonds is 1. The fourth-order valence-electron chi connectivity index (χ4n) is 10.1. The molecule has 3 saturated carbocycles. The largest absolute Gasteiger partial charge is 0.295 e. The summed E-state index contributed by atoms with van der Waals surface area (Å²) in [5.74, 6) is -1.01. The molecule has 7 atom stereocenters. The summed E-state index contributed by atoms with van der Waals surface area (Å²) in [4.78, 5) is 43.8. The van der Waals surface area contributed by atoms with Gasteiger partial charge in [-0.1, -0.05) is 60.1 Å². The fourth-order valence-corrected chi connectivity index (χ4v) is 10.1. The molecule has 0 bridgehead atoms. The van der Waals surface area contributed by atoms with E-state index in [1.807, 2.05) is 26.0 Å². The Morgan fingerprint density at radius 3 is 2.34 bits per heavy atom. The molecule has 3 fully saturated rings. The Morgan fingerprint density at radius 2 is 1.71 bits per heavy atom. The van der Waals surface area contributed by atoms with Crippen LogP contribution in [0.25, 0.3) is 10.4 Å². The van der Waals surface area contributed by atoms with Gasteiger partial charge in [0.15, 0.2) is 11.6 Å². The van der Waals surface area contributed by atoms with Crippen LogP contribution >= 0.6 is 0 Å². The molecule has 5 aliphatic rings. The zero-order valence-electron chi connectivity index (χ0n) is 23.9. The number of ketones is 2. The maximum absolute atomic E-state index is 14.4. The van der Waals surface area contributed by atoms with Gasteiger partial charge in [0.2, 0.25) is 5.91 Å². The number of carbonyl (C=O) groups excluding carboxylic acids is 3. The summed E-state index contributed by atoms with van der Waals surface area (Å²) in [7, 11) is 0. The predicted molar refractivity (Wildman–Crippen MR) is 143 cm³/mol. The minimum Gasteiger partial charge on any atom is -0.295 e. The maximum atomic E-state index is 14.4. The summed E-state index contributed by atoms with van der Waals surface area (Å²) < 4.78 is 0. The van der Waals surface area contributed by atoms with Gasteiger partial charge < -0.3 is 0 Å². The van der Waals surface area contributed by atoms with Crippen molar-refractivity contribution < 1.29 is 14.4 Å². The van der Waals surface area contributed by atoms with Gasteiger partial charge in [-0.2, -0.15) is 5.26 Å². The van der Waals surface area contributed by atoms with E-state index in [4.69, 9.17) is 5.53 Å². The zero-order valence-corrected chi connectivity index (χ0v) is 23.9. The zero-order chi connectivity index (χ0) is 28.1.